The third-order valence-corrected chi connectivity index (χ3v) is 3.87. The predicted octanol–water partition coefficient (Wildman–Crippen LogP) is 2.70. The zero-order chi connectivity index (χ0) is 13.1. The van der Waals surface area contributed by atoms with Crippen LogP contribution in [0.4, 0.5) is 11.6 Å². The molecule has 1 fully saturated rings. The molecule has 1 aromatic heterocycles. The fourth-order valence-electron chi connectivity index (χ4n) is 2.63. The summed E-state index contributed by atoms with van der Waals surface area (Å²) in [4.78, 5) is 11.2. The van der Waals surface area contributed by atoms with Gasteiger partial charge >= 0.3 is 0 Å². The molecule has 0 bridgehead atoms. The Kier molecular flexibility index (Phi) is 4.04. The first kappa shape index (κ1) is 13.1. The van der Waals surface area contributed by atoms with Gasteiger partial charge in [0.2, 0.25) is 0 Å². The molecule has 1 aliphatic heterocycles. The number of hydrogen-bond donors (Lipinski definition) is 1. The van der Waals surface area contributed by atoms with E-state index >= 15 is 0 Å². The van der Waals surface area contributed by atoms with E-state index in [1.165, 1.54) is 12.0 Å². The van der Waals surface area contributed by atoms with Crippen molar-refractivity contribution in [2.75, 3.05) is 29.9 Å². The van der Waals surface area contributed by atoms with Crippen molar-refractivity contribution in [3.05, 3.63) is 11.9 Å². The molecule has 1 aliphatic rings. The Labute approximate surface area is 110 Å². The zero-order valence-corrected chi connectivity index (χ0v) is 11.9. The Hall–Kier alpha value is -1.32. The van der Waals surface area contributed by atoms with Crippen molar-refractivity contribution in [1.29, 1.82) is 0 Å². The zero-order valence-electron chi connectivity index (χ0n) is 11.9. The van der Waals surface area contributed by atoms with E-state index in [0.29, 0.717) is 0 Å². The lowest BCUT2D eigenvalue weighted by Crippen LogP contribution is -2.23. The summed E-state index contributed by atoms with van der Waals surface area (Å²) in [5, 5.41) is 3.30. The second-order valence-corrected chi connectivity index (χ2v) is 5.44. The minimum absolute atomic E-state index is 0.755. The molecule has 1 atom stereocenters. The van der Waals surface area contributed by atoms with Crippen molar-refractivity contribution in [2.24, 2.45) is 11.8 Å². The normalized spacial score (nSPS) is 19.6. The SMILES string of the molecule is CCNc1ncnc(N2CCC(C(C)C)C2)c1C. The van der Waals surface area contributed by atoms with E-state index in [1.807, 2.05) is 0 Å². The van der Waals surface area contributed by atoms with Gasteiger partial charge in [0, 0.05) is 25.2 Å². The summed E-state index contributed by atoms with van der Waals surface area (Å²) in [6.07, 6.45) is 2.95. The Morgan fingerprint density at radius 2 is 2.22 bits per heavy atom. The summed E-state index contributed by atoms with van der Waals surface area (Å²) < 4.78 is 0. The lowest BCUT2D eigenvalue weighted by molar-refractivity contribution is 0.422. The van der Waals surface area contributed by atoms with E-state index in [4.69, 9.17) is 0 Å². The van der Waals surface area contributed by atoms with Crippen LogP contribution in [0.3, 0.4) is 0 Å². The first-order valence-electron chi connectivity index (χ1n) is 6.93. The summed E-state index contributed by atoms with van der Waals surface area (Å²) in [5.74, 6) is 3.62. The second-order valence-electron chi connectivity index (χ2n) is 5.44. The highest BCUT2D eigenvalue weighted by atomic mass is 15.2. The van der Waals surface area contributed by atoms with Crippen LogP contribution in [0.2, 0.25) is 0 Å². The van der Waals surface area contributed by atoms with Crippen molar-refractivity contribution in [2.45, 2.75) is 34.1 Å². The summed E-state index contributed by atoms with van der Waals surface area (Å²) in [5.41, 5.74) is 1.17. The number of hydrogen-bond acceptors (Lipinski definition) is 4. The van der Waals surface area contributed by atoms with Gasteiger partial charge in [-0.2, -0.15) is 0 Å². The first-order chi connectivity index (χ1) is 8.63. The van der Waals surface area contributed by atoms with E-state index in [2.05, 4.69) is 47.9 Å². The molecule has 2 heterocycles. The topological polar surface area (TPSA) is 41.1 Å². The van der Waals surface area contributed by atoms with Crippen LogP contribution in [-0.2, 0) is 0 Å². The molecule has 4 heteroatoms. The van der Waals surface area contributed by atoms with Crippen LogP contribution < -0.4 is 10.2 Å². The van der Waals surface area contributed by atoms with Crippen LogP contribution in [-0.4, -0.2) is 29.6 Å². The van der Waals surface area contributed by atoms with Crippen LogP contribution in [0.5, 0.6) is 0 Å². The van der Waals surface area contributed by atoms with Crippen molar-refractivity contribution < 1.29 is 0 Å². The Morgan fingerprint density at radius 1 is 1.44 bits per heavy atom. The fraction of sp³-hybridized carbons (Fsp3) is 0.714. The molecule has 0 spiro atoms. The molecule has 0 aromatic carbocycles. The average Bonchev–Trinajstić information content (AvgIpc) is 2.81. The maximum Gasteiger partial charge on any atom is 0.137 e. The number of rotatable bonds is 4. The van der Waals surface area contributed by atoms with E-state index in [9.17, 15) is 0 Å². The van der Waals surface area contributed by atoms with Crippen molar-refractivity contribution in [3.8, 4) is 0 Å². The molecule has 100 valence electrons. The quantitative estimate of drug-likeness (QED) is 0.889. The van der Waals surface area contributed by atoms with Crippen LogP contribution in [0.15, 0.2) is 6.33 Å². The number of nitrogens with one attached hydrogen (secondary N) is 1. The molecule has 4 nitrogen and oxygen atoms in total. The monoisotopic (exact) mass is 248 g/mol. The summed E-state index contributed by atoms with van der Waals surface area (Å²) >= 11 is 0. The Balaban J connectivity index is 2.17. The maximum absolute atomic E-state index is 4.47. The van der Waals surface area contributed by atoms with E-state index in [1.54, 1.807) is 6.33 Å². The van der Waals surface area contributed by atoms with Crippen LogP contribution in [0, 0.1) is 18.8 Å². The lowest BCUT2D eigenvalue weighted by atomic mass is 9.95. The number of nitrogens with zero attached hydrogens (tertiary/aromatic N) is 3. The molecule has 0 radical (unpaired) electrons. The molecule has 1 N–H and O–H groups in total. The van der Waals surface area contributed by atoms with Crippen molar-refractivity contribution >= 4 is 11.6 Å². The lowest BCUT2D eigenvalue weighted by Gasteiger charge is -2.21. The van der Waals surface area contributed by atoms with Crippen molar-refractivity contribution in [1.82, 2.24) is 9.97 Å². The van der Waals surface area contributed by atoms with E-state index in [-0.39, 0.29) is 0 Å². The summed E-state index contributed by atoms with van der Waals surface area (Å²) in [6, 6.07) is 0. The van der Waals surface area contributed by atoms with Gasteiger partial charge < -0.3 is 10.2 Å². The average molecular weight is 248 g/mol. The summed E-state index contributed by atoms with van der Waals surface area (Å²) in [6.45, 7) is 12.0. The van der Waals surface area contributed by atoms with Crippen LogP contribution in [0.1, 0.15) is 32.8 Å². The highest BCUT2D eigenvalue weighted by molar-refractivity contribution is 5.58. The van der Waals surface area contributed by atoms with Crippen LogP contribution >= 0.6 is 0 Å². The molecule has 1 aromatic rings. The largest absolute Gasteiger partial charge is 0.370 e. The summed E-state index contributed by atoms with van der Waals surface area (Å²) in [7, 11) is 0. The van der Waals surface area contributed by atoms with Gasteiger partial charge in [0.25, 0.3) is 0 Å². The van der Waals surface area contributed by atoms with E-state index in [0.717, 1.165) is 43.1 Å². The minimum atomic E-state index is 0.755. The van der Waals surface area contributed by atoms with Gasteiger partial charge in [0.1, 0.15) is 18.0 Å². The third kappa shape index (κ3) is 2.57. The fourth-order valence-corrected chi connectivity index (χ4v) is 2.63. The highest BCUT2D eigenvalue weighted by Gasteiger charge is 2.27. The predicted molar refractivity (Wildman–Crippen MR) is 76.1 cm³/mol. The number of anilines is 2. The second kappa shape index (κ2) is 5.55. The van der Waals surface area contributed by atoms with Gasteiger partial charge in [0.15, 0.2) is 0 Å². The molecule has 0 aliphatic carbocycles. The van der Waals surface area contributed by atoms with Gasteiger partial charge in [-0.25, -0.2) is 9.97 Å². The molecule has 0 saturated carbocycles. The molecule has 1 unspecified atom stereocenters. The third-order valence-electron chi connectivity index (χ3n) is 3.87. The molecular formula is C14H24N4. The molecule has 2 rings (SSSR count). The Morgan fingerprint density at radius 3 is 2.83 bits per heavy atom. The first-order valence-corrected chi connectivity index (χ1v) is 6.93. The Bertz CT molecular complexity index is 403. The van der Waals surface area contributed by atoms with Gasteiger partial charge in [-0.1, -0.05) is 13.8 Å². The van der Waals surface area contributed by atoms with Gasteiger partial charge in [-0.3, -0.25) is 0 Å². The molecule has 1 saturated heterocycles. The number of aromatic nitrogens is 2. The van der Waals surface area contributed by atoms with Gasteiger partial charge in [-0.05, 0) is 32.1 Å². The highest BCUT2D eigenvalue weighted by Crippen LogP contribution is 2.30. The smallest absolute Gasteiger partial charge is 0.137 e. The van der Waals surface area contributed by atoms with Gasteiger partial charge in [-0.15, -0.1) is 0 Å². The van der Waals surface area contributed by atoms with Gasteiger partial charge in [0.05, 0.1) is 0 Å². The van der Waals surface area contributed by atoms with E-state index < -0.39 is 0 Å². The van der Waals surface area contributed by atoms with Crippen LogP contribution in [0.25, 0.3) is 0 Å². The standard InChI is InChI=1S/C14H24N4/c1-5-15-13-11(4)14(17-9-16-13)18-7-6-12(8-18)10(2)3/h9-10,12H,5-8H2,1-4H3,(H,15,16,17). The molecular weight excluding hydrogens is 224 g/mol. The molecule has 18 heavy (non-hydrogen) atoms. The van der Waals surface area contributed by atoms with Crippen molar-refractivity contribution in [3.63, 3.8) is 0 Å². The maximum atomic E-state index is 4.47. The molecule has 0 amide bonds. The minimum Gasteiger partial charge on any atom is -0.370 e.